The summed E-state index contributed by atoms with van der Waals surface area (Å²) in [6.45, 7) is 3.77. The number of halogens is 1. The highest BCUT2D eigenvalue weighted by Gasteiger charge is 2.08. The van der Waals surface area contributed by atoms with Crippen molar-refractivity contribution in [3.63, 3.8) is 0 Å². The zero-order chi connectivity index (χ0) is 17.1. The van der Waals surface area contributed by atoms with Crippen molar-refractivity contribution in [1.29, 1.82) is 0 Å². The van der Waals surface area contributed by atoms with Crippen LogP contribution >= 0.6 is 15.9 Å². The number of fused-ring (bicyclic) bond motifs is 1. The maximum Gasteiger partial charge on any atom is 0.259 e. The molecule has 0 fully saturated rings. The first-order valence-electron chi connectivity index (χ1n) is 6.87. The first-order chi connectivity index (χ1) is 11.5. The van der Waals surface area contributed by atoms with Crippen LogP contribution in [0.15, 0.2) is 59.8 Å². The molecule has 0 aliphatic rings. The minimum atomic E-state index is -2.17. The lowest BCUT2D eigenvalue weighted by atomic mass is 10.1. The van der Waals surface area contributed by atoms with Crippen LogP contribution in [-0.2, 0) is 11.3 Å². The number of benzene rings is 2. The second kappa shape index (κ2) is 7.08. The van der Waals surface area contributed by atoms with Gasteiger partial charge < -0.3 is 5.32 Å². The van der Waals surface area contributed by atoms with Crippen molar-refractivity contribution in [3.05, 3.63) is 65.4 Å². The summed E-state index contributed by atoms with van der Waals surface area (Å²) < 4.78 is 23.1. The van der Waals surface area contributed by atoms with Gasteiger partial charge in [0, 0.05) is 21.2 Å². The molecule has 0 spiro atoms. The van der Waals surface area contributed by atoms with Crippen LogP contribution in [-0.4, -0.2) is 18.7 Å². The quantitative estimate of drug-likeness (QED) is 0.562. The Morgan fingerprint density at radius 2 is 2.04 bits per heavy atom. The Morgan fingerprint density at radius 3 is 2.79 bits per heavy atom. The summed E-state index contributed by atoms with van der Waals surface area (Å²) in [7, 11) is 0. The molecular weight excluding hydrogens is 392 g/mol. The molecule has 0 amide bonds. The van der Waals surface area contributed by atoms with Crippen molar-refractivity contribution in [1.82, 2.24) is 14.7 Å². The van der Waals surface area contributed by atoms with E-state index in [2.05, 4.69) is 42.5 Å². The summed E-state index contributed by atoms with van der Waals surface area (Å²) in [4.78, 5) is 8.54. The second-order valence-electron chi connectivity index (χ2n) is 4.92. The van der Waals surface area contributed by atoms with Crippen molar-refractivity contribution >= 4 is 55.3 Å². The summed E-state index contributed by atoms with van der Waals surface area (Å²) in [5, 5.41) is 4.03. The molecule has 0 aliphatic carbocycles. The number of hydrogen-bond acceptors (Lipinski definition) is 4. The Hall–Kier alpha value is -2.29. The molecule has 1 aromatic heterocycles. The molecule has 0 bridgehead atoms. The van der Waals surface area contributed by atoms with Crippen LogP contribution in [0.1, 0.15) is 5.56 Å². The monoisotopic (exact) mass is 404 g/mol. The third-order valence-electron chi connectivity index (χ3n) is 3.28. The topological polar surface area (TPSA) is 87.1 Å². The maximum absolute atomic E-state index is 10.9. The lowest BCUT2D eigenvalue weighted by Crippen LogP contribution is -2.13. The van der Waals surface area contributed by atoms with Crippen LogP contribution in [0.2, 0.25) is 0 Å². The van der Waals surface area contributed by atoms with Gasteiger partial charge in [0.25, 0.3) is 11.3 Å². The number of rotatable bonds is 5. The molecule has 2 aromatic carbocycles. The van der Waals surface area contributed by atoms with Crippen molar-refractivity contribution in [2.45, 2.75) is 0 Å². The molecule has 0 saturated carbocycles. The van der Waals surface area contributed by atoms with Crippen LogP contribution in [0, 0.1) is 0 Å². The summed E-state index contributed by atoms with van der Waals surface area (Å²) in [6.07, 6.45) is 1.48. The molecule has 1 heterocycles. The number of nitrogens with zero attached hydrogens (tertiary/aromatic N) is 2. The van der Waals surface area contributed by atoms with Gasteiger partial charge in [0.05, 0.1) is 5.52 Å². The Labute approximate surface area is 149 Å². The standard InChI is InChI=1S/C16H13BrN4O2S/c1-10(21-24(22)23)11-5-6-15-14(7-11)16(19-9-18-15)20-13-4-2-3-12(17)8-13/h2-9,21H,1H2,(H,22,23)(H,18,19,20). The minimum absolute atomic E-state index is 0.343. The predicted molar refractivity (Wildman–Crippen MR) is 99.9 cm³/mol. The van der Waals surface area contributed by atoms with Crippen LogP contribution in [0.5, 0.6) is 0 Å². The average molecular weight is 405 g/mol. The Bertz CT molecular complexity index is 948. The molecule has 0 aliphatic heterocycles. The molecule has 0 saturated heterocycles. The molecule has 6 nitrogen and oxygen atoms in total. The molecule has 8 heteroatoms. The van der Waals surface area contributed by atoms with Crippen LogP contribution < -0.4 is 10.0 Å². The molecule has 3 aromatic rings. The molecule has 1 atom stereocenters. The summed E-state index contributed by atoms with van der Waals surface area (Å²) >= 11 is 1.26. The van der Waals surface area contributed by atoms with Crippen molar-refractivity contribution in [2.75, 3.05) is 5.32 Å². The third-order valence-corrected chi connectivity index (χ3v) is 4.20. The smallest absolute Gasteiger partial charge is 0.259 e. The number of nitrogens with one attached hydrogen (secondary N) is 2. The first kappa shape index (κ1) is 16.6. The molecule has 3 N–H and O–H groups in total. The van der Waals surface area contributed by atoms with Gasteiger partial charge in [-0.3, -0.25) is 9.27 Å². The maximum atomic E-state index is 10.9. The van der Waals surface area contributed by atoms with Gasteiger partial charge in [0.2, 0.25) is 0 Å². The largest absolute Gasteiger partial charge is 0.340 e. The lowest BCUT2D eigenvalue weighted by molar-refractivity contribution is 0.559. The van der Waals surface area contributed by atoms with E-state index in [4.69, 9.17) is 4.55 Å². The van der Waals surface area contributed by atoms with Crippen LogP contribution in [0.3, 0.4) is 0 Å². The zero-order valence-electron chi connectivity index (χ0n) is 12.4. The van der Waals surface area contributed by atoms with Crippen molar-refractivity contribution in [3.8, 4) is 0 Å². The highest BCUT2D eigenvalue weighted by Crippen LogP contribution is 2.26. The molecule has 122 valence electrons. The van der Waals surface area contributed by atoms with E-state index in [1.165, 1.54) is 6.33 Å². The Kier molecular flexibility index (Phi) is 4.89. The summed E-state index contributed by atoms with van der Waals surface area (Å²) in [5.74, 6) is 0.637. The van der Waals surface area contributed by atoms with E-state index >= 15 is 0 Å². The Balaban J connectivity index is 2.01. The van der Waals surface area contributed by atoms with Gasteiger partial charge in [0.15, 0.2) is 0 Å². The van der Waals surface area contributed by atoms with Crippen LogP contribution in [0.25, 0.3) is 16.6 Å². The highest BCUT2D eigenvalue weighted by atomic mass is 79.9. The molecule has 1 unspecified atom stereocenters. The fourth-order valence-corrected chi connectivity index (χ4v) is 2.94. The van der Waals surface area contributed by atoms with E-state index in [-0.39, 0.29) is 0 Å². The van der Waals surface area contributed by atoms with E-state index in [0.29, 0.717) is 17.1 Å². The Morgan fingerprint density at radius 1 is 1.21 bits per heavy atom. The molecule has 0 radical (unpaired) electrons. The molecule has 3 rings (SSSR count). The third kappa shape index (κ3) is 3.78. The fourth-order valence-electron chi connectivity index (χ4n) is 2.21. The SMILES string of the molecule is C=C(NS(=O)O)c1ccc2ncnc(Nc3cccc(Br)c3)c2c1. The van der Waals surface area contributed by atoms with E-state index in [1.54, 1.807) is 6.07 Å². The fraction of sp³-hybridized carbons (Fsp3) is 0. The average Bonchev–Trinajstić information content (AvgIpc) is 2.54. The van der Waals surface area contributed by atoms with E-state index in [0.717, 1.165) is 21.1 Å². The van der Waals surface area contributed by atoms with Gasteiger partial charge in [-0.05, 0) is 35.9 Å². The number of anilines is 2. The van der Waals surface area contributed by atoms with E-state index in [9.17, 15) is 4.21 Å². The lowest BCUT2D eigenvalue weighted by Gasteiger charge is -2.11. The number of hydrogen-bond donors (Lipinski definition) is 3. The van der Waals surface area contributed by atoms with Gasteiger partial charge in [-0.25, -0.2) is 14.2 Å². The molecular formula is C16H13BrN4O2S. The zero-order valence-corrected chi connectivity index (χ0v) is 14.8. The first-order valence-corrected chi connectivity index (χ1v) is 8.77. The van der Waals surface area contributed by atoms with Crippen molar-refractivity contribution < 1.29 is 8.76 Å². The summed E-state index contributed by atoms with van der Waals surface area (Å²) in [6, 6.07) is 13.1. The summed E-state index contributed by atoms with van der Waals surface area (Å²) in [5.41, 5.74) is 2.65. The minimum Gasteiger partial charge on any atom is -0.340 e. The van der Waals surface area contributed by atoms with E-state index < -0.39 is 11.3 Å². The normalized spacial score (nSPS) is 11.9. The second-order valence-corrected chi connectivity index (χ2v) is 6.54. The van der Waals surface area contributed by atoms with Gasteiger partial charge in [-0.1, -0.05) is 34.6 Å². The van der Waals surface area contributed by atoms with Crippen LogP contribution in [0.4, 0.5) is 11.5 Å². The van der Waals surface area contributed by atoms with Crippen molar-refractivity contribution in [2.24, 2.45) is 0 Å². The number of aromatic nitrogens is 2. The van der Waals surface area contributed by atoms with Gasteiger partial charge in [-0.15, -0.1) is 0 Å². The van der Waals surface area contributed by atoms with Gasteiger partial charge in [0.1, 0.15) is 12.1 Å². The highest BCUT2D eigenvalue weighted by molar-refractivity contribution is 9.10. The van der Waals surface area contributed by atoms with E-state index in [1.807, 2.05) is 36.4 Å². The van der Waals surface area contributed by atoms with Gasteiger partial charge in [-0.2, -0.15) is 0 Å². The molecule has 24 heavy (non-hydrogen) atoms. The predicted octanol–water partition coefficient (Wildman–Crippen LogP) is 3.83. The van der Waals surface area contributed by atoms with Gasteiger partial charge >= 0.3 is 0 Å².